The average molecular weight is 868 g/mol. The Balaban J connectivity index is 1.07. The van der Waals surface area contributed by atoms with Crippen LogP contribution < -0.4 is 5.32 Å². The number of alkyl carbamates (subject to hydrolysis) is 1. The fraction of sp³-hybridized carbons (Fsp3) is 0.389. The molecule has 2 aliphatic carbocycles. The number of hydrogen-bond donors (Lipinski definition) is 1. The summed E-state index contributed by atoms with van der Waals surface area (Å²) >= 11 is 7.07. The lowest BCUT2D eigenvalue weighted by atomic mass is 9.78. The zero-order valence-electron chi connectivity index (χ0n) is 36.2. The fourth-order valence-electron chi connectivity index (χ4n) is 9.90. The van der Waals surface area contributed by atoms with Crippen molar-refractivity contribution in [2.75, 3.05) is 26.5 Å². The Labute approximate surface area is 377 Å². The van der Waals surface area contributed by atoms with Gasteiger partial charge in [0.05, 0.1) is 13.0 Å². The summed E-state index contributed by atoms with van der Waals surface area (Å²) in [7, 11) is 0. The highest BCUT2D eigenvalue weighted by Gasteiger charge is 2.43. The van der Waals surface area contributed by atoms with Crippen LogP contribution in [0.25, 0.3) is 11.1 Å². The molecule has 1 unspecified atom stereocenters. The Hall–Kier alpha value is -5.44. The third kappa shape index (κ3) is 10.3. The second-order valence-electron chi connectivity index (χ2n) is 17.3. The van der Waals surface area contributed by atoms with Gasteiger partial charge in [0.2, 0.25) is 5.91 Å². The number of carbonyl (C=O) groups is 3. The molecular formula is C54H59ClN2O6. The molecule has 1 saturated heterocycles. The summed E-state index contributed by atoms with van der Waals surface area (Å²) in [6.45, 7) is 0.794. The van der Waals surface area contributed by atoms with Crippen molar-refractivity contribution in [1.29, 1.82) is 0 Å². The molecule has 0 spiro atoms. The van der Waals surface area contributed by atoms with Crippen molar-refractivity contribution in [2.24, 2.45) is 0 Å². The number of amides is 2. The maximum atomic E-state index is 14.7. The van der Waals surface area contributed by atoms with E-state index in [0.717, 1.165) is 40.7 Å². The number of benzene rings is 5. The number of hydrogen-bond acceptors (Lipinski definition) is 6. The van der Waals surface area contributed by atoms with Gasteiger partial charge in [0.25, 0.3) is 0 Å². The maximum Gasteiger partial charge on any atom is 0.407 e. The molecule has 2 atom stereocenters. The smallest absolute Gasteiger partial charge is 0.407 e. The van der Waals surface area contributed by atoms with Gasteiger partial charge in [-0.25, -0.2) is 4.79 Å². The van der Waals surface area contributed by atoms with Gasteiger partial charge in [-0.05, 0) is 52.6 Å². The van der Waals surface area contributed by atoms with Crippen molar-refractivity contribution >= 4 is 29.6 Å². The average Bonchev–Trinajstić information content (AvgIpc) is 3.97. The molecule has 3 aliphatic rings. The molecular weight excluding hydrogens is 808 g/mol. The van der Waals surface area contributed by atoms with Crippen LogP contribution in [0.5, 0.6) is 0 Å². The van der Waals surface area contributed by atoms with Gasteiger partial charge in [0, 0.05) is 34.2 Å². The Bertz CT molecular complexity index is 2250. The lowest BCUT2D eigenvalue weighted by Gasteiger charge is -2.36. The van der Waals surface area contributed by atoms with E-state index in [4.69, 9.17) is 25.8 Å². The van der Waals surface area contributed by atoms with E-state index in [2.05, 4.69) is 41.7 Å². The topological polar surface area (TPSA) is 94.2 Å². The number of ether oxygens (including phenoxy) is 3. The van der Waals surface area contributed by atoms with E-state index in [9.17, 15) is 14.4 Å². The zero-order chi connectivity index (χ0) is 43.4. The molecule has 0 bridgehead atoms. The SMILES string of the molecule is O=C(C[C@H](NC(=O)OCC1c2ccccc2-c2ccccc21)C(=O)N1CCOC1)OC(c1ccccc1)(c1ccc(C2CCCCCCCCCCCC2)cc1)c1ccccc1Cl. The van der Waals surface area contributed by atoms with Gasteiger partial charge in [0.1, 0.15) is 19.4 Å². The Morgan fingerprint density at radius 3 is 1.84 bits per heavy atom. The van der Waals surface area contributed by atoms with E-state index in [-0.39, 0.29) is 19.3 Å². The van der Waals surface area contributed by atoms with Crippen molar-refractivity contribution in [3.8, 4) is 11.1 Å². The number of nitrogens with zero attached hydrogens (tertiary/aromatic N) is 1. The summed E-state index contributed by atoms with van der Waals surface area (Å²) in [5.74, 6) is -0.893. The summed E-state index contributed by atoms with van der Waals surface area (Å²) < 4.78 is 18.2. The van der Waals surface area contributed by atoms with Crippen LogP contribution in [0.4, 0.5) is 4.79 Å². The highest BCUT2D eigenvalue weighted by Crippen LogP contribution is 2.46. The van der Waals surface area contributed by atoms with Gasteiger partial charge in [-0.15, -0.1) is 0 Å². The van der Waals surface area contributed by atoms with Gasteiger partial charge < -0.3 is 24.4 Å². The van der Waals surface area contributed by atoms with E-state index in [1.165, 1.54) is 74.7 Å². The van der Waals surface area contributed by atoms with Gasteiger partial charge >= 0.3 is 12.1 Å². The molecule has 0 aromatic heterocycles. The minimum atomic E-state index is -1.49. The standard InChI is InChI=1S/C54H59ClN2O6/c55-49-29-19-18-28-48(49)54(41-22-12-9-13-23-41,42-32-30-40(31-33-42)39-20-10-7-5-3-1-2-4-6-8-11-21-39)63-51(58)36-50(52(59)57-34-35-61-38-57)56-53(60)62-37-47-45-26-16-14-24-43(45)44-25-15-17-27-46(44)47/h9,12-19,22-33,39,47,50H,1-8,10-11,20-21,34-38H2,(H,56,60)/t50-,54?/m0/s1. The van der Waals surface area contributed by atoms with E-state index < -0.39 is 36.0 Å². The lowest BCUT2D eigenvalue weighted by Crippen LogP contribution is -2.50. The lowest BCUT2D eigenvalue weighted by molar-refractivity contribution is -0.156. The second kappa shape index (κ2) is 21.3. The van der Waals surface area contributed by atoms with Crippen LogP contribution in [-0.4, -0.2) is 55.4 Å². The molecule has 1 N–H and O–H groups in total. The van der Waals surface area contributed by atoms with Gasteiger partial charge in [-0.3, -0.25) is 9.59 Å². The third-order valence-electron chi connectivity index (χ3n) is 13.2. The number of nitrogens with one attached hydrogen (secondary N) is 1. The van der Waals surface area contributed by atoms with Gasteiger partial charge in [-0.1, -0.05) is 197 Å². The highest BCUT2D eigenvalue weighted by molar-refractivity contribution is 6.31. The zero-order valence-corrected chi connectivity index (χ0v) is 36.9. The summed E-state index contributed by atoms with van der Waals surface area (Å²) in [4.78, 5) is 44.0. The van der Waals surface area contributed by atoms with E-state index in [1.54, 1.807) is 6.07 Å². The van der Waals surface area contributed by atoms with Crippen molar-refractivity contribution in [3.63, 3.8) is 0 Å². The molecule has 9 heteroatoms. The molecule has 5 aromatic rings. The second-order valence-corrected chi connectivity index (χ2v) is 17.7. The number of rotatable bonds is 11. The minimum absolute atomic E-state index is 0.0532. The van der Waals surface area contributed by atoms with Crippen LogP contribution in [0.1, 0.15) is 129 Å². The van der Waals surface area contributed by atoms with E-state index in [0.29, 0.717) is 35.2 Å². The fourth-order valence-corrected chi connectivity index (χ4v) is 10.2. The van der Waals surface area contributed by atoms with Crippen molar-refractivity contribution < 1.29 is 28.6 Å². The number of esters is 1. The number of fused-ring (bicyclic) bond motifs is 3. The molecule has 63 heavy (non-hydrogen) atoms. The summed E-state index contributed by atoms with van der Waals surface area (Å²) in [6.07, 6.45) is 13.9. The molecule has 2 amide bonds. The summed E-state index contributed by atoms with van der Waals surface area (Å²) in [5, 5.41) is 3.17. The molecule has 0 radical (unpaired) electrons. The Morgan fingerprint density at radius 2 is 1.24 bits per heavy atom. The van der Waals surface area contributed by atoms with Crippen LogP contribution in [0.3, 0.4) is 0 Å². The van der Waals surface area contributed by atoms with Gasteiger partial charge in [-0.2, -0.15) is 0 Å². The first-order valence-electron chi connectivity index (χ1n) is 23.0. The Kier molecular flexibility index (Phi) is 14.9. The third-order valence-corrected chi connectivity index (χ3v) is 13.5. The van der Waals surface area contributed by atoms with E-state index in [1.807, 2.05) is 84.9 Å². The molecule has 5 aromatic carbocycles. The van der Waals surface area contributed by atoms with Crippen LogP contribution in [-0.2, 0) is 29.4 Å². The van der Waals surface area contributed by atoms with Crippen LogP contribution in [0, 0.1) is 0 Å². The predicted molar refractivity (Wildman–Crippen MR) is 248 cm³/mol. The molecule has 328 valence electrons. The monoisotopic (exact) mass is 866 g/mol. The predicted octanol–water partition coefficient (Wildman–Crippen LogP) is 12.1. The highest BCUT2D eigenvalue weighted by atomic mass is 35.5. The number of halogens is 1. The summed E-state index contributed by atoms with van der Waals surface area (Å²) in [6, 6.07) is 40.4. The van der Waals surface area contributed by atoms with Gasteiger partial charge in [0.15, 0.2) is 5.60 Å². The van der Waals surface area contributed by atoms with Crippen molar-refractivity contribution in [3.05, 3.63) is 166 Å². The van der Waals surface area contributed by atoms with Crippen LogP contribution >= 0.6 is 11.6 Å². The first-order chi connectivity index (χ1) is 30.9. The van der Waals surface area contributed by atoms with Crippen molar-refractivity contribution in [2.45, 2.75) is 107 Å². The molecule has 1 saturated carbocycles. The van der Waals surface area contributed by atoms with E-state index >= 15 is 0 Å². The molecule has 8 rings (SSSR count). The normalized spacial score (nSPS) is 17.8. The first kappa shape index (κ1) is 44.2. The minimum Gasteiger partial charge on any atom is -0.449 e. The maximum absolute atomic E-state index is 14.7. The molecule has 1 heterocycles. The van der Waals surface area contributed by atoms with Crippen molar-refractivity contribution in [1.82, 2.24) is 10.2 Å². The summed E-state index contributed by atoms with van der Waals surface area (Å²) in [5.41, 5.74) is 6.15. The Morgan fingerprint density at radius 1 is 0.683 bits per heavy atom. The quantitative estimate of drug-likeness (QED) is 0.105. The largest absolute Gasteiger partial charge is 0.449 e. The molecule has 1 aliphatic heterocycles. The number of carbonyl (C=O) groups excluding carboxylic acids is 3. The first-order valence-corrected chi connectivity index (χ1v) is 23.4. The van der Waals surface area contributed by atoms with Crippen LogP contribution in [0.15, 0.2) is 127 Å². The molecule has 8 nitrogen and oxygen atoms in total. The van der Waals surface area contributed by atoms with Crippen LogP contribution in [0.2, 0.25) is 5.02 Å². The molecule has 2 fully saturated rings.